The van der Waals surface area contributed by atoms with Crippen LogP contribution in [0.1, 0.15) is 24.0 Å². The summed E-state index contributed by atoms with van der Waals surface area (Å²) in [6, 6.07) is 4.73. The van der Waals surface area contributed by atoms with E-state index in [1.807, 2.05) is 0 Å². The summed E-state index contributed by atoms with van der Waals surface area (Å²) in [5, 5.41) is 2.53. The predicted octanol–water partition coefficient (Wildman–Crippen LogP) is 2.15. The molecule has 1 fully saturated rings. The lowest BCUT2D eigenvalue weighted by Crippen LogP contribution is -2.25. The maximum Gasteiger partial charge on any atom is 0.416 e. The monoisotopic (exact) mass is 335 g/mol. The van der Waals surface area contributed by atoms with Crippen molar-refractivity contribution in [3.05, 3.63) is 35.4 Å². The van der Waals surface area contributed by atoms with Gasteiger partial charge in [-0.1, -0.05) is 12.1 Å². The maximum atomic E-state index is 12.6. The van der Waals surface area contributed by atoms with Crippen molar-refractivity contribution in [3.63, 3.8) is 0 Å². The molecule has 1 aromatic rings. The Morgan fingerprint density at radius 1 is 1.32 bits per heavy atom. The molecule has 22 heavy (non-hydrogen) atoms. The summed E-state index contributed by atoms with van der Waals surface area (Å²) in [6.07, 6.45) is -3.88. The van der Waals surface area contributed by atoms with Crippen LogP contribution in [0, 0.1) is 5.92 Å². The van der Waals surface area contributed by atoms with Gasteiger partial charge in [-0.05, 0) is 30.0 Å². The number of sulfone groups is 1. The SMILES string of the molecule is O=C(CC1CCS(=O)(=O)C1)NCc1cccc(C(F)(F)F)c1. The Kier molecular flexibility index (Phi) is 4.79. The molecule has 1 aliphatic heterocycles. The third-order valence-electron chi connectivity index (χ3n) is 3.54. The molecule has 1 unspecified atom stereocenters. The molecular weight excluding hydrogens is 319 g/mol. The van der Waals surface area contributed by atoms with Gasteiger partial charge in [0.2, 0.25) is 5.91 Å². The third-order valence-corrected chi connectivity index (χ3v) is 5.38. The molecule has 1 atom stereocenters. The van der Waals surface area contributed by atoms with Gasteiger partial charge in [-0.25, -0.2) is 8.42 Å². The number of hydrogen-bond acceptors (Lipinski definition) is 3. The van der Waals surface area contributed by atoms with E-state index in [4.69, 9.17) is 0 Å². The molecule has 4 nitrogen and oxygen atoms in total. The summed E-state index contributed by atoms with van der Waals surface area (Å²) in [4.78, 5) is 11.7. The van der Waals surface area contributed by atoms with E-state index in [1.165, 1.54) is 12.1 Å². The zero-order valence-electron chi connectivity index (χ0n) is 11.7. The van der Waals surface area contributed by atoms with Crippen LogP contribution in [0.3, 0.4) is 0 Å². The average Bonchev–Trinajstić information content (AvgIpc) is 2.75. The Bertz CT molecular complexity index is 656. The van der Waals surface area contributed by atoms with Gasteiger partial charge in [0.1, 0.15) is 0 Å². The van der Waals surface area contributed by atoms with Gasteiger partial charge in [0.15, 0.2) is 9.84 Å². The Morgan fingerprint density at radius 2 is 2.05 bits per heavy atom. The number of benzene rings is 1. The highest BCUT2D eigenvalue weighted by Crippen LogP contribution is 2.29. The molecule has 0 radical (unpaired) electrons. The van der Waals surface area contributed by atoms with E-state index in [1.54, 1.807) is 0 Å². The summed E-state index contributed by atoms with van der Waals surface area (Å²) in [5.41, 5.74) is -0.414. The molecule has 1 N–H and O–H groups in total. The molecule has 2 rings (SSSR count). The lowest BCUT2D eigenvalue weighted by molar-refractivity contribution is -0.137. The summed E-state index contributed by atoms with van der Waals surface area (Å²) in [5.74, 6) is -0.450. The van der Waals surface area contributed by atoms with Crippen molar-refractivity contribution in [1.29, 1.82) is 0 Å². The van der Waals surface area contributed by atoms with Gasteiger partial charge in [-0.3, -0.25) is 4.79 Å². The minimum atomic E-state index is -4.42. The first kappa shape index (κ1) is 16.8. The third kappa shape index (κ3) is 4.72. The van der Waals surface area contributed by atoms with Crippen molar-refractivity contribution in [3.8, 4) is 0 Å². The Balaban J connectivity index is 1.87. The molecule has 122 valence electrons. The van der Waals surface area contributed by atoms with Gasteiger partial charge in [0.25, 0.3) is 0 Å². The molecule has 1 heterocycles. The van der Waals surface area contributed by atoms with Crippen LogP contribution in [0.25, 0.3) is 0 Å². The number of rotatable bonds is 4. The van der Waals surface area contributed by atoms with E-state index >= 15 is 0 Å². The van der Waals surface area contributed by atoms with Crippen molar-refractivity contribution in [2.75, 3.05) is 11.5 Å². The molecule has 0 aromatic heterocycles. The van der Waals surface area contributed by atoms with Gasteiger partial charge in [-0.15, -0.1) is 0 Å². The summed E-state index contributed by atoms with van der Waals surface area (Å²) < 4.78 is 60.3. The minimum absolute atomic E-state index is 0.00395. The second-order valence-electron chi connectivity index (χ2n) is 5.45. The van der Waals surface area contributed by atoms with Crippen LogP contribution in [-0.4, -0.2) is 25.8 Å². The van der Waals surface area contributed by atoms with E-state index in [2.05, 4.69) is 5.32 Å². The number of alkyl halides is 3. The number of carbonyl (C=O) groups excluding carboxylic acids is 1. The molecule has 0 spiro atoms. The average molecular weight is 335 g/mol. The van der Waals surface area contributed by atoms with Crippen LogP contribution >= 0.6 is 0 Å². The summed E-state index contributed by atoms with van der Waals surface area (Å²) in [7, 11) is -3.04. The van der Waals surface area contributed by atoms with E-state index < -0.39 is 21.6 Å². The molecule has 1 aliphatic rings. The highest BCUT2D eigenvalue weighted by atomic mass is 32.2. The van der Waals surface area contributed by atoms with E-state index in [0.29, 0.717) is 12.0 Å². The van der Waals surface area contributed by atoms with Crippen molar-refractivity contribution in [2.45, 2.75) is 25.6 Å². The van der Waals surface area contributed by atoms with E-state index in [0.717, 1.165) is 12.1 Å². The first-order valence-corrected chi connectivity index (χ1v) is 8.61. The lowest BCUT2D eigenvalue weighted by Gasteiger charge is -2.11. The van der Waals surface area contributed by atoms with E-state index in [9.17, 15) is 26.4 Å². The minimum Gasteiger partial charge on any atom is -0.352 e. The fourth-order valence-corrected chi connectivity index (χ4v) is 4.29. The topological polar surface area (TPSA) is 63.2 Å². The van der Waals surface area contributed by atoms with Gasteiger partial charge in [0.05, 0.1) is 17.1 Å². The predicted molar refractivity (Wildman–Crippen MR) is 74.7 cm³/mol. The molecule has 0 aliphatic carbocycles. The first-order valence-electron chi connectivity index (χ1n) is 6.79. The zero-order chi connectivity index (χ0) is 16.4. The van der Waals surface area contributed by atoms with Gasteiger partial charge in [0, 0.05) is 13.0 Å². The van der Waals surface area contributed by atoms with Crippen molar-refractivity contribution >= 4 is 15.7 Å². The first-order chi connectivity index (χ1) is 10.2. The largest absolute Gasteiger partial charge is 0.416 e. The number of halogens is 3. The summed E-state index contributed by atoms with van der Waals surface area (Å²) >= 11 is 0. The Morgan fingerprint density at radius 3 is 2.64 bits per heavy atom. The van der Waals surface area contributed by atoms with Crippen molar-refractivity contribution in [2.24, 2.45) is 5.92 Å². The second kappa shape index (κ2) is 6.28. The Labute approximate surface area is 126 Å². The second-order valence-corrected chi connectivity index (χ2v) is 7.68. The Hall–Kier alpha value is -1.57. The molecule has 0 bridgehead atoms. The van der Waals surface area contributed by atoms with Gasteiger partial charge in [-0.2, -0.15) is 13.2 Å². The highest BCUT2D eigenvalue weighted by molar-refractivity contribution is 7.91. The number of carbonyl (C=O) groups is 1. The number of hydrogen-bond donors (Lipinski definition) is 1. The van der Waals surface area contributed by atoms with Crippen LogP contribution in [0.5, 0.6) is 0 Å². The van der Waals surface area contributed by atoms with Crippen LogP contribution in [0.2, 0.25) is 0 Å². The normalized spacial score (nSPS) is 20.8. The highest BCUT2D eigenvalue weighted by Gasteiger charge is 2.31. The van der Waals surface area contributed by atoms with Crippen LogP contribution in [0.4, 0.5) is 13.2 Å². The van der Waals surface area contributed by atoms with Crippen molar-refractivity contribution in [1.82, 2.24) is 5.32 Å². The van der Waals surface area contributed by atoms with Crippen LogP contribution in [-0.2, 0) is 27.4 Å². The number of amides is 1. The summed E-state index contributed by atoms with van der Waals surface area (Å²) in [6.45, 7) is -0.0117. The van der Waals surface area contributed by atoms with Crippen LogP contribution < -0.4 is 5.32 Å². The quantitative estimate of drug-likeness (QED) is 0.917. The zero-order valence-corrected chi connectivity index (χ0v) is 12.5. The van der Waals surface area contributed by atoms with Crippen LogP contribution in [0.15, 0.2) is 24.3 Å². The molecule has 1 amide bonds. The molecule has 1 saturated heterocycles. The molecule has 1 aromatic carbocycles. The van der Waals surface area contributed by atoms with E-state index in [-0.39, 0.29) is 36.3 Å². The van der Waals surface area contributed by atoms with Gasteiger partial charge >= 0.3 is 6.18 Å². The molecule has 8 heteroatoms. The fraction of sp³-hybridized carbons (Fsp3) is 0.500. The fourth-order valence-electron chi connectivity index (χ4n) is 2.43. The lowest BCUT2D eigenvalue weighted by atomic mass is 10.0. The standard InChI is InChI=1S/C14H16F3NO3S/c15-14(16,17)12-3-1-2-10(6-12)8-18-13(19)7-11-4-5-22(20,21)9-11/h1-3,6,11H,4-5,7-9H2,(H,18,19). The number of nitrogens with one attached hydrogen (secondary N) is 1. The molecule has 0 saturated carbocycles. The van der Waals surface area contributed by atoms with Gasteiger partial charge < -0.3 is 5.32 Å². The molecular formula is C14H16F3NO3S. The van der Waals surface area contributed by atoms with Crippen molar-refractivity contribution < 1.29 is 26.4 Å². The maximum absolute atomic E-state index is 12.6. The smallest absolute Gasteiger partial charge is 0.352 e.